The molecule has 2 heterocycles. The fourth-order valence-corrected chi connectivity index (χ4v) is 4.77. The molecule has 8 nitrogen and oxygen atoms in total. The first kappa shape index (κ1) is 17.9. The van der Waals surface area contributed by atoms with Gasteiger partial charge >= 0.3 is 0 Å². The molecule has 1 saturated carbocycles. The molecule has 0 radical (unpaired) electrons. The quantitative estimate of drug-likeness (QED) is 0.525. The second kappa shape index (κ2) is 6.59. The number of nitrogens with two attached hydrogens (primary N) is 1. The van der Waals surface area contributed by atoms with Gasteiger partial charge in [0.2, 0.25) is 10.0 Å². The largest absolute Gasteiger partial charge is 0.396 e. The Labute approximate surface area is 156 Å². The van der Waals surface area contributed by atoms with E-state index in [2.05, 4.69) is 19.9 Å². The maximum absolute atomic E-state index is 12.6. The van der Waals surface area contributed by atoms with Gasteiger partial charge in [-0.2, -0.15) is 5.10 Å². The summed E-state index contributed by atoms with van der Waals surface area (Å²) in [5.74, 6) is 0.521. The zero-order chi connectivity index (χ0) is 19.2. The number of benzene rings is 1. The number of aromatic nitrogens is 3. The van der Waals surface area contributed by atoms with Crippen molar-refractivity contribution in [3.63, 3.8) is 0 Å². The normalized spacial score (nSPS) is 19.9. The van der Waals surface area contributed by atoms with Crippen LogP contribution in [0.3, 0.4) is 0 Å². The number of pyridine rings is 1. The smallest absolute Gasteiger partial charge is 0.240 e. The molecule has 142 valence electrons. The fraction of sp³-hybridized carbons (Fsp3) is 0.333. The third kappa shape index (κ3) is 3.29. The van der Waals surface area contributed by atoms with Crippen LogP contribution in [0.4, 0.5) is 5.82 Å². The summed E-state index contributed by atoms with van der Waals surface area (Å²) in [7, 11) is -3.59. The second-order valence-corrected chi connectivity index (χ2v) is 8.73. The van der Waals surface area contributed by atoms with E-state index in [9.17, 15) is 8.42 Å². The number of aryl methyl sites for hydroxylation is 1. The lowest BCUT2D eigenvalue weighted by Crippen LogP contribution is -2.45. The van der Waals surface area contributed by atoms with Crippen LogP contribution in [0, 0.1) is 12.8 Å². The SMILES string of the molecule is Cc1cc(S(=O)(=O)NC2CC(CO)C2)ccc1-c1ccc2[nH]nc(N)c2n1. The number of aliphatic hydroxyl groups is 1. The lowest BCUT2D eigenvalue weighted by atomic mass is 9.82. The molecule has 0 amide bonds. The van der Waals surface area contributed by atoms with Gasteiger partial charge in [-0.3, -0.25) is 5.10 Å². The average Bonchev–Trinajstić information content (AvgIpc) is 2.98. The van der Waals surface area contributed by atoms with Crippen molar-refractivity contribution in [2.75, 3.05) is 12.3 Å². The number of hydrogen-bond donors (Lipinski definition) is 4. The molecule has 0 unspecified atom stereocenters. The van der Waals surface area contributed by atoms with Gasteiger partial charge in [-0.15, -0.1) is 0 Å². The summed E-state index contributed by atoms with van der Waals surface area (Å²) in [6.45, 7) is 1.95. The van der Waals surface area contributed by atoms with E-state index in [1.54, 1.807) is 18.2 Å². The molecule has 1 fully saturated rings. The molecule has 2 aromatic heterocycles. The Morgan fingerprint density at radius 1 is 1.30 bits per heavy atom. The lowest BCUT2D eigenvalue weighted by molar-refractivity contribution is 0.137. The lowest BCUT2D eigenvalue weighted by Gasteiger charge is -2.34. The molecule has 0 bridgehead atoms. The number of aromatic amines is 1. The van der Waals surface area contributed by atoms with E-state index in [0.717, 1.165) is 16.6 Å². The summed E-state index contributed by atoms with van der Waals surface area (Å²) in [4.78, 5) is 4.76. The molecule has 0 atom stereocenters. The van der Waals surface area contributed by atoms with Gasteiger partial charge < -0.3 is 10.8 Å². The number of anilines is 1. The van der Waals surface area contributed by atoms with Crippen molar-refractivity contribution in [1.82, 2.24) is 19.9 Å². The zero-order valence-corrected chi connectivity index (χ0v) is 15.6. The highest BCUT2D eigenvalue weighted by atomic mass is 32.2. The summed E-state index contributed by atoms with van der Waals surface area (Å²) < 4.78 is 27.9. The van der Waals surface area contributed by atoms with Gasteiger partial charge in [0.05, 0.1) is 16.1 Å². The Morgan fingerprint density at radius 3 is 2.78 bits per heavy atom. The Bertz CT molecular complexity index is 1100. The minimum atomic E-state index is -3.59. The van der Waals surface area contributed by atoms with Crippen LogP contribution in [0.5, 0.6) is 0 Å². The summed E-state index contributed by atoms with van der Waals surface area (Å²) in [6.07, 6.45) is 1.34. The summed E-state index contributed by atoms with van der Waals surface area (Å²) in [6, 6.07) is 8.56. The van der Waals surface area contributed by atoms with Crippen LogP contribution in [0.15, 0.2) is 35.2 Å². The number of hydrogen-bond acceptors (Lipinski definition) is 6. The maximum atomic E-state index is 12.6. The highest BCUT2D eigenvalue weighted by Gasteiger charge is 2.32. The molecule has 1 aliphatic rings. The third-order valence-corrected chi connectivity index (χ3v) is 6.55. The van der Waals surface area contributed by atoms with Gasteiger partial charge in [0.15, 0.2) is 5.82 Å². The summed E-state index contributed by atoms with van der Waals surface area (Å²) >= 11 is 0. The van der Waals surface area contributed by atoms with Crippen LogP contribution in [0.25, 0.3) is 22.3 Å². The van der Waals surface area contributed by atoms with E-state index >= 15 is 0 Å². The second-order valence-electron chi connectivity index (χ2n) is 7.02. The molecular formula is C18H21N5O3S. The molecule has 0 saturated heterocycles. The van der Waals surface area contributed by atoms with Gasteiger partial charge in [-0.1, -0.05) is 6.07 Å². The minimum absolute atomic E-state index is 0.102. The van der Waals surface area contributed by atoms with Crippen molar-refractivity contribution < 1.29 is 13.5 Å². The predicted molar refractivity (Wildman–Crippen MR) is 102 cm³/mol. The van der Waals surface area contributed by atoms with E-state index in [4.69, 9.17) is 10.8 Å². The zero-order valence-electron chi connectivity index (χ0n) is 14.8. The molecular weight excluding hydrogens is 366 g/mol. The minimum Gasteiger partial charge on any atom is -0.396 e. The van der Waals surface area contributed by atoms with Crippen LogP contribution in [0.1, 0.15) is 18.4 Å². The third-order valence-electron chi connectivity index (χ3n) is 5.03. The summed E-state index contributed by atoms with van der Waals surface area (Å²) in [5.41, 5.74) is 9.50. The molecule has 5 N–H and O–H groups in total. The molecule has 3 aromatic rings. The van der Waals surface area contributed by atoms with Crippen molar-refractivity contribution in [2.24, 2.45) is 5.92 Å². The Balaban J connectivity index is 1.61. The maximum Gasteiger partial charge on any atom is 0.240 e. The Kier molecular flexibility index (Phi) is 4.37. The van der Waals surface area contributed by atoms with Gasteiger partial charge in [0, 0.05) is 18.2 Å². The number of H-pyrrole nitrogens is 1. The number of sulfonamides is 1. The Morgan fingerprint density at radius 2 is 2.07 bits per heavy atom. The van der Waals surface area contributed by atoms with Crippen molar-refractivity contribution in [2.45, 2.75) is 30.7 Å². The monoisotopic (exact) mass is 387 g/mol. The molecule has 1 aromatic carbocycles. The number of rotatable bonds is 5. The number of nitrogens with zero attached hydrogens (tertiary/aromatic N) is 2. The molecule has 4 rings (SSSR count). The number of aliphatic hydroxyl groups excluding tert-OH is 1. The first-order valence-corrected chi connectivity index (χ1v) is 10.2. The van der Waals surface area contributed by atoms with Crippen LogP contribution >= 0.6 is 0 Å². The standard InChI is InChI=1S/C18H21N5O3S/c1-10-6-13(27(25,26)23-12-7-11(8-12)9-24)2-3-14(10)15-4-5-16-17(20-15)18(19)22-21-16/h2-6,11-12,23-24H,7-9H2,1H3,(H3,19,21,22). The van der Waals surface area contributed by atoms with Crippen molar-refractivity contribution in [3.05, 3.63) is 35.9 Å². The van der Waals surface area contributed by atoms with Crippen LogP contribution in [0.2, 0.25) is 0 Å². The molecule has 9 heteroatoms. The predicted octanol–water partition coefficient (Wildman–Crippen LogP) is 1.56. The van der Waals surface area contributed by atoms with Gasteiger partial charge in [-0.25, -0.2) is 18.1 Å². The van der Waals surface area contributed by atoms with Crippen LogP contribution in [-0.4, -0.2) is 41.4 Å². The van der Waals surface area contributed by atoms with Crippen molar-refractivity contribution in [3.8, 4) is 11.3 Å². The molecule has 27 heavy (non-hydrogen) atoms. The van der Waals surface area contributed by atoms with Crippen molar-refractivity contribution in [1.29, 1.82) is 0 Å². The first-order chi connectivity index (χ1) is 12.9. The van der Waals surface area contributed by atoms with Crippen LogP contribution in [-0.2, 0) is 10.0 Å². The molecule has 0 spiro atoms. The topological polar surface area (TPSA) is 134 Å². The van der Waals surface area contributed by atoms with E-state index in [1.165, 1.54) is 0 Å². The Hall–Kier alpha value is -2.49. The summed E-state index contributed by atoms with van der Waals surface area (Å²) in [5, 5.41) is 15.8. The van der Waals surface area contributed by atoms with Gasteiger partial charge in [-0.05, 0) is 55.5 Å². The van der Waals surface area contributed by atoms with E-state index in [0.29, 0.717) is 29.9 Å². The van der Waals surface area contributed by atoms with Gasteiger partial charge in [0.25, 0.3) is 0 Å². The van der Waals surface area contributed by atoms with E-state index in [1.807, 2.05) is 19.1 Å². The molecule has 0 aliphatic heterocycles. The molecule has 1 aliphatic carbocycles. The average molecular weight is 387 g/mol. The fourth-order valence-electron chi connectivity index (χ4n) is 3.43. The van der Waals surface area contributed by atoms with Crippen LogP contribution < -0.4 is 10.5 Å². The first-order valence-electron chi connectivity index (χ1n) is 8.72. The number of fused-ring (bicyclic) bond motifs is 1. The number of nitrogen functional groups attached to an aromatic ring is 1. The highest BCUT2D eigenvalue weighted by Crippen LogP contribution is 2.30. The highest BCUT2D eigenvalue weighted by molar-refractivity contribution is 7.89. The van der Waals surface area contributed by atoms with Gasteiger partial charge in [0.1, 0.15) is 5.52 Å². The number of nitrogens with one attached hydrogen (secondary N) is 2. The van der Waals surface area contributed by atoms with E-state index < -0.39 is 10.0 Å². The van der Waals surface area contributed by atoms with E-state index in [-0.39, 0.29) is 23.5 Å². The van der Waals surface area contributed by atoms with Crippen molar-refractivity contribution >= 4 is 26.9 Å².